The Labute approximate surface area is 209 Å². The van der Waals surface area contributed by atoms with Crippen LogP contribution in [0, 0.1) is 11.3 Å². The van der Waals surface area contributed by atoms with Crippen molar-refractivity contribution in [2.45, 2.75) is 25.3 Å². The number of nitrogens with zero attached hydrogens (tertiary/aromatic N) is 5. The molecule has 186 valence electrons. The van der Waals surface area contributed by atoms with Crippen LogP contribution in [-0.2, 0) is 16.2 Å². The molecule has 3 heterocycles. The molecular formula is C26H29N7O3. The van der Waals surface area contributed by atoms with Gasteiger partial charge < -0.3 is 19.8 Å². The van der Waals surface area contributed by atoms with Crippen molar-refractivity contribution in [3.05, 3.63) is 60.0 Å². The van der Waals surface area contributed by atoms with Gasteiger partial charge in [-0.15, -0.1) is 0 Å². The van der Waals surface area contributed by atoms with Gasteiger partial charge in [0.25, 0.3) is 5.90 Å². The lowest BCUT2D eigenvalue weighted by Crippen LogP contribution is -2.26. The Morgan fingerprint density at radius 3 is 2.86 bits per heavy atom. The minimum Gasteiger partial charge on any atom is -0.488 e. The van der Waals surface area contributed by atoms with E-state index >= 15 is 0 Å². The third-order valence-electron chi connectivity index (χ3n) is 6.32. The van der Waals surface area contributed by atoms with E-state index in [1.165, 1.54) is 15.8 Å². The van der Waals surface area contributed by atoms with Crippen LogP contribution in [-0.4, -0.2) is 64.9 Å². The van der Waals surface area contributed by atoms with Crippen LogP contribution in [0.2, 0.25) is 0 Å². The van der Waals surface area contributed by atoms with E-state index in [9.17, 15) is 4.79 Å². The Hall–Kier alpha value is -4.21. The Morgan fingerprint density at radius 1 is 1.31 bits per heavy atom. The van der Waals surface area contributed by atoms with E-state index in [4.69, 9.17) is 15.0 Å². The first kappa shape index (κ1) is 23.5. The highest BCUT2D eigenvalue weighted by molar-refractivity contribution is 5.91. The predicted molar refractivity (Wildman–Crippen MR) is 136 cm³/mol. The molecule has 10 heteroatoms. The average molecular weight is 488 g/mol. The third-order valence-corrected chi connectivity index (χ3v) is 6.32. The molecule has 1 saturated carbocycles. The van der Waals surface area contributed by atoms with E-state index in [1.807, 2.05) is 12.3 Å². The van der Waals surface area contributed by atoms with Crippen LogP contribution in [0.3, 0.4) is 0 Å². The summed E-state index contributed by atoms with van der Waals surface area (Å²) in [5, 5.41) is 19.6. The van der Waals surface area contributed by atoms with Crippen molar-refractivity contribution in [2.75, 3.05) is 32.6 Å². The predicted octanol–water partition coefficient (Wildman–Crippen LogP) is 3.36. The minimum atomic E-state index is -0.115. The molecule has 1 aromatic carbocycles. The Morgan fingerprint density at radius 2 is 2.11 bits per heavy atom. The summed E-state index contributed by atoms with van der Waals surface area (Å²) in [7, 11) is 3.38. The molecule has 1 atom stereocenters. The molecule has 0 bridgehead atoms. The molecule has 2 aromatic heterocycles. The fourth-order valence-electron chi connectivity index (χ4n) is 4.06. The molecule has 2 N–H and O–H groups in total. The number of rotatable bonds is 8. The maximum Gasteiger partial charge on any atom is 0.251 e. The van der Waals surface area contributed by atoms with Crippen LogP contribution < -0.4 is 10.1 Å². The van der Waals surface area contributed by atoms with Gasteiger partial charge in [-0.3, -0.25) is 14.9 Å². The second-order valence-electron chi connectivity index (χ2n) is 9.22. The smallest absolute Gasteiger partial charge is 0.251 e. The summed E-state index contributed by atoms with van der Waals surface area (Å²) in [5.74, 6) is 1.99. The fourth-order valence-corrected chi connectivity index (χ4v) is 4.06. The largest absolute Gasteiger partial charge is 0.488 e. The van der Waals surface area contributed by atoms with Crippen LogP contribution in [0.25, 0.3) is 11.1 Å². The topological polar surface area (TPSA) is 118 Å². The van der Waals surface area contributed by atoms with E-state index in [-0.39, 0.29) is 24.3 Å². The number of amides is 1. The number of carbonyl (C=O) groups excluding carboxylic acids is 1. The molecule has 1 unspecified atom stereocenters. The number of fused-ring (bicyclic) bond motifs is 1. The number of benzene rings is 1. The lowest BCUT2D eigenvalue weighted by atomic mass is 9.93. The minimum absolute atomic E-state index is 0.0818. The molecule has 1 fully saturated rings. The van der Waals surface area contributed by atoms with E-state index in [1.54, 1.807) is 26.5 Å². The highest BCUT2D eigenvalue weighted by Gasteiger charge is 2.31. The van der Waals surface area contributed by atoms with Gasteiger partial charge in [-0.05, 0) is 36.0 Å². The number of nitrogens with one attached hydrogen (secondary N) is 2. The molecule has 2 aliphatic rings. The van der Waals surface area contributed by atoms with Crippen molar-refractivity contribution >= 4 is 23.8 Å². The monoisotopic (exact) mass is 487 g/mol. The van der Waals surface area contributed by atoms with Gasteiger partial charge in [0.2, 0.25) is 5.91 Å². The van der Waals surface area contributed by atoms with Crippen molar-refractivity contribution in [1.29, 1.82) is 5.41 Å². The molecule has 0 saturated heterocycles. The number of pyridine rings is 1. The number of anilines is 1. The summed E-state index contributed by atoms with van der Waals surface area (Å²) >= 11 is 0. The van der Waals surface area contributed by atoms with Crippen molar-refractivity contribution in [2.24, 2.45) is 11.1 Å². The molecule has 1 amide bonds. The van der Waals surface area contributed by atoms with E-state index in [0.717, 1.165) is 47.6 Å². The van der Waals surface area contributed by atoms with Crippen molar-refractivity contribution in [1.82, 2.24) is 19.7 Å². The summed E-state index contributed by atoms with van der Waals surface area (Å²) in [6.07, 6.45) is 9.01. The number of carbonyl (C=O) groups is 1. The van der Waals surface area contributed by atoms with Gasteiger partial charge >= 0.3 is 0 Å². The molecule has 3 aromatic rings. The maximum absolute atomic E-state index is 11.8. The summed E-state index contributed by atoms with van der Waals surface area (Å²) in [5.41, 5.74) is 3.69. The summed E-state index contributed by atoms with van der Waals surface area (Å²) in [6, 6.07) is 10.4. The van der Waals surface area contributed by atoms with Crippen LogP contribution in [0.5, 0.6) is 5.75 Å². The molecule has 10 nitrogen and oxygen atoms in total. The van der Waals surface area contributed by atoms with Gasteiger partial charge in [-0.2, -0.15) is 5.10 Å². The van der Waals surface area contributed by atoms with Gasteiger partial charge in [0.1, 0.15) is 13.2 Å². The standard InChI is InChI=1S/C26H29N7O3/c1-32(2)24(34)16-33-15-21(13-30-33)25(27)36-31-14-22(19-7-8-19)18-5-3-17(4-6-18)20-11-23-26(29-12-20)28-9-10-35-23/h3-6,11-15,19,22,27H,7-10,16H2,1-2H3,(H,28,29). The molecular weight excluding hydrogens is 458 g/mol. The SMILES string of the molecule is CN(C)C(=O)Cn1cc(C(=N)ON=CC(c2ccc(-c3cnc4c(c3)OCCN4)cc2)C2CC2)cn1. The number of ether oxygens (including phenoxy) is 1. The molecule has 36 heavy (non-hydrogen) atoms. The summed E-state index contributed by atoms with van der Waals surface area (Å²) in [4.78, 5) is 23.2. The van der Waals surface area contributed by atoms with E-state index in [0.29, 0.717) is 18.1 Å². The second kappa shape index (κ2) is 10.2. The lowest BCUT2D eigenvalue weighted by Gasteiger charge is -2.18. The van der Waals surface area contributed by atoms with Gasteiger partial charge in [-0.25, -0.2) is 4.98 Å². The Balaban J connectivity index is 1.23. The molecule has 1 aliphatic carbocycles. The molecule has 0 spiro atoms. The van der Waals surface area contributed by atoms with Gasteiger partial charge in [0.05, 0.1) is 24.5 Å². The highest BCUT2D eigenvalue weighted by Crippen LogP contribution is 2.42. The van der Waals surface area contributed by atoms with Crippen molar-refractivity contribution in [3.8, 4) is 16.9 Å². The van der Waals surface area contributed by atoms with Crippen LogP contribution in [0.15, 0.2) is 54.1 Å². The van der Waals surface area contributed by atoms with Crippen molar-refractivity contribution in [3.63, 3.8) is 0 Å². The molecule has 0 radical (unpaired) electrons. The Kier molecular flexibility index (Phi) is 6.66. The number of hydrogen-bond acceptors (Lipinski definition) is 8. The number of hydrogen-bond donors (Lipinski definition) is 2. The Bertz CT molecular complexity index is 1280. The summed E-state index contributed by atoms with van der Waals surface area (Å²) in [6.45, 7) is 1.51. The zero-order valence-corrected chi connectivity index (χ0v) is 20.3. The number of aromatic nitrogens is 3. The first-order chi connectivity index (χ1) is 17.5. The second-order valence-corrected chi connectivity index (χ2v) is 9.22. The average Bonchev–Trinajstić information content (AvgIpc) is 3.63. The normalized spacial score (nSPS) is 15.5. The molecule has 1 aliphatic heterocycles. The number of oxime groups is 1. The quantitative estimate of drug-likeness (QED) is 0.286. The van der Waals surface area contributed by atoms with Crippen LogP contribution in [0.1, 0.15) is 29.9 Å². The van der Waals surface area contributed by atoms with Crippen molar-refractivity contribution < 1.29 is 14.4 Å². The number of likely N-dealkylation sites (N-methyl/N-ethyl adjacent to an activating group) is 1. The van der Waals surface area contributed by atoms with Crippen LogP contribution in [0.4, 0.5) is 5.82 Å². The zero-order chi connectivity index (χ0) is 25.1. The highest BCUT2D eigenvalue weighted by atomic mass is 16.6. The van der Waals surface area contributed by atoms with Gasteiger partial charge in [-0.1, -0.05) is 29.4 Å². The maximum atomic E-state index is 11.8. The zero-order valence-electron chi connectivity index (χ0n) is 20.3. The van der Waals surface area contributed by atoms with E-state index in [2.05, 4.69) is 44.8 Å². The van der Waals surface area contributed by atoms with E-state index < -0.39 is 0 Å². The fraction of sp³-hybridized carbons (Fsp3) is 0.346. The van der Waals surface area contributed by atoms with Crippen LogP contribution >= 0.6 is 0 Å². The summed E-state index contributed by atoms with van der Waals surface area (Å²) < 4.78 is 7.20. The molecule has 5 rings (SSSR count). The first-order valence-corrected chi connectivity index (χ1v) is 12.0. The van der Waals surface area contributed by atoms with Gasteiger partial charge in [0.15, 0.2) is 11.6 Å². The third kappa shape index (κ3) is 5.37. The first-order valence-electron chi connectivity index (χ1n) is 12.0. The van der Waals surface area contributed by atoms with Gasteiger partial charge in [0, 0.05) is 38.0 Å². The lowest BCUT2D eigenvalue weighted by molar-refractivity contribution is -0.129.